The van der Waals surface area contributed by atoms with Gasteiger partial charge in [0.2, 0.25) is 0 Å². The van der Waals surface area contributed by atoms with Crippen molar-refractivity contribution < 1.29 is 47.9 Å². The van der Waals surface area contributed by atoms with Gasteiger partial charge in [-0.05, 0) is 227 Å². The molecular weight excluding hydrogens is 1690 g/mol. The van der Waals surface area contributed by atoms with Crippen molar-refractivity contribution in [2.75, 3.05) is 42.5 Å². The molecule has 17 rings (SSSR count). The molecule has 0 fully saturated rings. The number of amides is 8. The molecule has 0 aliphatic heterocycles. The van der Waals surface area contributed by atoms with Crippen LogP contribution < -0.4 is 42.5 Å². The summed E-state index contributed by atoms with van der Waals surface area (Å²) in [6, 6.07) is 109. The van der Waals surface area contributed by atoms with E-state index in [9.17, 15) is 47.9 Å². The maximum absolute atomic E-state index is 14.0. The number of hydrogen-bond acceptors (Lipinski definition) is 10. The van der Waals surface area contributed by atoms with Crippen molar-refractivity contribution in [3.05, 3.63) is 463 Å². The number of hydrogen-bond donors (Lipinski definition) is 8. The van der Waals surface area contributed by atoms with Gasteiger partial charge >= 0.3 is 0 Å². The average Bonchev–Trinajstić information content (AvgIpc) is 0.739. The average molecular weight is 1760 g/mol. The number of fused-ring (bicyclic) bond motifs is 4. The fourth-order valence-corrected chi connectivity index (χ4v) is 14.9. The van der Waals surface area contributed by atoms with E-state index in [2.05, 4.69) is 42.5 Å². The molecule has 0 bridgehead atoms. The Morgan fingerprint density at radius 1 is 0.203 bits per heavy atom. The summed E-state index contributed by atoms with van der Waals surface area (Å²) in [6.45, 7) is 0. The molecule has 626 valence electrons. The summed E-state index contributed by atoms with van der Waals surface area (Å²) in [5, 5.41) is 30.7. The highest BCUT2D eigenvalue weighted by molar-refractivity contribution is 6.33. The minimum absolute atomic E-state index is 0.0281. The van der Waals surface area contributed by atoms with Gasteiger partial charge < -0.3 is 42.5 Å². The molecule has 8 amide bonds. The molecule has 0 atom stereocenters. The van der Waals surface area contributed by atoms with Crippen LogP contribution in [0.3, 0.4) is 0 Å². The monoisotopic (exact) mass is 1760 g/mol. The number of anilines is 8. The molecule has 0 aromatic heterocycles. The number of halogens is 4. The van der Waals surface area contributed by atoms with Crippen molar-refractivity contribution in [1.29, 1.82) is 0 Å². The second-order valence-electron chi connectivity index (χ2n) is 29.4. The summed E-state index contributed by atoms with van der Waals surface area (Å²) in [7, 11) is 0. The summed E-state index contributed by atoms with van der Waals surface area (Å²) in [4.78, 5) is 136. The van der Waals surface area contributed by atoms with Gasteiger partial charge in [-0.15, -0.1) is 0 Å². The fraction of sp³-hybridized carbons (Fsp3) is 0.0189. The molecule has 128 heavy (non-hydrogen) atoms. The van der Waals surface area contributed by atoms with Gasteiger partial charge in [-0.3, -0.25) is 47.9 Å². The number of nitrogens with one attached hydrogen (secondary N) is 8. The van der Waals surface area contributed by atoms with Crippen molar-refractivity contribution in [3.63, 3.8) is 0 Å². The van der Waals surface area contributed by atoms with Crippen LogP contribution >= 0.6 is 46.4 Å². The van der Waals surface area contributed by atoms with Crippen LogP contribution in [0.5, 0.6) is 0 Å². The Balaban J connectivity index is 0.000000151. The SMILES string of the molecule is O=C(Cc1cccc2ccccc12)c1cc(C(=O)Nc2cccc3ccccc23)cc(C(=O)Nc2cccc3ccccc23)c1.O=C(Cc1ccccc1)c1cc(C(=O)Nc2ccccc2)cc(C(=O)Nc2ccccc2)c1.O=C(Nc1ccc(Cl)cc1)c1ccc(C(=O)Nc2ccc(Cl)cc2)c2c(C(=O)Nc3ccc(Cl)cc3)ccc(C(=O)Nc3ccc(Cl)cc3)c12. The van der Waals surface area contributed by atoms with Crippen LogP contribution in [0.1, 0.15) is 115 Å². The summed E-state index contributed by atoms with van der Waals surface area (Å²) >= 11 is 24.2. The molecular formula is C106H74Cl4N8O10. The van der Waals surface area contributed by atoms with E-state index in [4.69, 9.17) is 46.4 Å². The molecule has 0 heterocycles. The van der Waals surface area contributed by atoms with E-state index in [1.54, 1.807) is 133 Å². The van der Waals surface area contributed by atoms with Crippen molar-refractivity contribution in [3.8, 4) is 0 Å². The van der Waals surface area contributed by atoms with E-state index in [1.807, 2.05) is 194 Å². The largest absolute Gasteiger partial charge is 0.322 e. The Morgan fingerprint density at radius 2 is 0.453 bits per heavy atom. The number of Topliss-reactive ketones (excluding diaryl/α,β-unsaturated/α-hetero) is 2. The van der Waals surface area contributed by atoms with Crippen molar-refractivity contribution in [2.24, 2.45) is 0 Å². The van der Waals surface area contributed by atoms with Crippen LogP contribution in [-0.2, 0) is 12.8 Å². The highest BCUT2D eigenvalue weighted by atomic mass is 35.5. The standard InChI is InChI=1S/C40H28N2O3.C38H24Cl4N4O4.C28H22N2O3/c43-38(25-29-16-7-13-26-10-1-4-17-33(26)29)30-22-31(39(44)41-36-20-8-14-27-11-2-5-18-34(27)36)24-32(23-30)40(45)42-37-21-9-15-28-12-3-6-19-35(28)37;39-21-1-9-25(10-2-21)43-35(47)29-17-18-31(37(49)45-27-13-5-23(41)6-14-27)34-32(38(50)46-28-15-7-24(42)8-16-28)20-19-30(33(29)34)36(48)44-26-11-3-22(40)4-12-26;31-26(16-20-10-4-1-5-11-20)21-17-22(27(32)29-24-12-6-2-7-13-24)19-23(18-21)28(33)30-25-14-8-3-9-15-25/h1-24H,25H2,(H,41,44)(H,42,45);1-20H,(H,43,47)(H,44,48)(H,45,49)(H,46,50);1-15,17-19H,16H2,(H,29,32)(H,30,33). The maximum atomic E-state index is 14.0. The topological polar surface area (TPSA) is 267 Å². The zero-order valence-corrected chi connectivity index (χ0v) is 70.8. The van der Waals surface area contributed by atoms with Gasteiger partial charge in [0.1, 0.15) is 0 Å². The van der Waals surface area contributed by atoms with Gasteiger partial charge in [-0.2, -0.15) is 0 Å². The molecule has 0 saturated heterocycles. The molecule has 0 unspecified atom stereocenters. The molecule has 18 nitrogen and oxygen atoms in total. The van der Waals surface area contributed by atoms with Crippen LogP contribution in [0.2, 0.25) is 20.1 Å². The summed E-state index contributed by atoms with van der Waals surface area (Å²) < 4.78 is 0. The second-order valence-corrected chi connectivity index (χ2v) is 31.2. The van der Waals surface area contributed by atoms with Gasteiger partial charge in [0.15, 0.2) is 11.6 Å². The van der Waals surface area contributed by atoms with E-state index in [-0.39, 0.29) is 85.3 Å². The fourth-order valence-electron chi connectivity index (χ4n) is 14.4. The molecule has 0 spiro atoms. The van der Waals surface area contributed by atoms with Crippen molar-refractivity contribution in [2.45, 2.75) is 12.8 Å². The Hall–Kier alpha value is -16.0. The molecule has 17 aromatic carbocycles. The first kappa shape index (κ1) is 87.0. The van der Waals surface area contributed by atoms with Crippen LogP contribution in [0.25, 0.3) is 43.1 Å². The highest BCUT2D eigenvalue weighted by Crippen LogP contribution is 2.36. The van der Waals surface area contributed by atoms with Crippen LogP contribution in [0.4, 0.5) is 45.5 Å². The third-order valence-corrected chi connectivity index (χ3v) is 21.7. The maximum Gasteiger partial charge on any atom is 0.256 e. The van der Waals surface area contributed by atoms with Gasteiger partial charge in [0.05, 0.1) is 0 Å². The van der Waals surface area contributed by atoms with Gasteiger partial charge in [0.25, 0.3) is 47.3 Å². The van der Waals surface area contributed by atoms with Crippen molar-refractivity contribution in [1.82, 2.24) is 0 Å². The number of para-hydroxylation sites is 2. The first-order valence-electron chi connectivity index (χ1n) is 40.2. The van der Waals surface area contributed by atoms with Crippen molar-refractivity contribution >= 4 is 194 Å². The lowest BCUT2D eigenvalue weighted by atomic mass is 9.90. The summed E-state index contributed by atoms with van der Waals surface area (Å²) in [6.07, 6.45) is 0.296. The number of rotatable bonds is 22. The molecule has 22 heteroatoms. The smallest absolute Gasteiger partial charge is 0.256 e. The summed E-state index contributed by atoms with van der Waals surface area (Å²) in [5.41, 5.74) is 7.61. The third kappa shape index (κ3) is 21.8. The minimum Gasteiger partial charge on any atom is -0.322 e. The van der Waals surface area contributed by atoms with Gasteiger partial charge in [-0.1, -0.05) is 228 Å². The Morgan fingerprint density at radius 3 is 0.797 bits per heavy atom. The first-order valence-corrected chi connectivity index (χ1v) is 41.7. The molecule has 0 radical (unpaired) electrons. The number of carbonyl (C=O) groups excluding carboxylic acids is 10. The van der Waals surface area contributed by atoms with E-state index >= 15 is 0 Å². The molecule has 0 aliphatic carbocycles. The molecule has 0 saturated carbocycles. The quantitative estimate of drug-likeness (QED) is 0.0297. The lowest BCUT2D eigenvalue weighted by Crippen LogP contribution is -2.21. The van der Waals surface area contributed by atoms with Crippen LogP contribution in [0, 0.1) is 0 Å². The Labute approximate surface area is 754 Å². The molecule has 8 N–H and O–H groups in total. The lowest BCUT2D eigenvalue weighted by Gasteiger charge is -2.18. The number of ketones is 2. The number of carbonyl (C=O) groups is 10. The van der Waals surface area contributed by atoms with Gasteiger partial charge in [-0.25, -0.2) is 0 Å². The van der Waals surface area contributed by atoms with Crippen LogP contribution in [-0.4, -0.2) is 58.8 Å². The predicted molar refractivity (Wildman–Crippen MR) is 514 cm³/mol. The lowest BCUT2D eigenvalue weighted by molar-refractivity contribution is 0.0981. The van der Waals surface area contributed by atoms with E-state index in [0.29, 0.717) is 71.2 Å². The third-order valence-electron chi connectivity index (χ3n) is 20.7. The van der Waals surface area contributed by atoms with Gasteiger partial charge in [0, 0.05) is 156 Å². The number of benzene rings is 17. The van der Waals surface area contributed by atoms with Crippen LogP contribution in [0.15, 0.2) is 376 Å². The first-order chi connectivity index (χ1) is 62.2. The minimum atomic E-state index is -0.599. The van der Waals surface area contributed by atoms with E-state index in [1.165, 1.54) is 48.5 Å². The summed E-state index contributed by atoms with van der Waals surface area (Å²) in [5.74, 6) is -4.38. The zero-order valence-electron chi connectivity index (χ0n) is 67.8. The Bertz CT molecular complexity index is 6360. The van der Waals surface area contributed by atoms with E-state index in [0.717, 1.165) is 43.4 Å². The Kier molecular flexibility index (Phi) is 27.6. The second kappa shape index (κ2) is 40.6. The zero-order chi connectivity index (χ0) is 89.2. The van der Waals surface area contributed by atoms with E-state index < -0.39 is 47.3 Å². The molecule has 0 aliphatic rings. The molecule has 17 aromatic rings. The normalized spacial score (nSPS) is 10.7. The highest BCUT2D eigenvalue weighted by Gasteiger charge is 2.28. The predicted octanol–water partition coefficient (Wildman–Crippen LogP) is 25.2.